The van der Waals surface area contributed by atoms with Crippen molar-refractivity contribution in [3.63, 3.8) is 0 Å². The number of fused-ring (bicyclic) bond motifs is 1. The summed E-state index contributed by atoms with van der Waals surface area (Å²) in [4.78, 5) is 23.5. The van der Waals surface area contributed by atoms with Gasteiger partial charge in [0.05, 0.1) is 23.1 Å². The maximum absolute atomic E-state index is 5.32. The van der Waals surface area contributed by atoms with Crippen molar-refractivity contribution < 1.29 is 0 Å². The van der Waals surface area contributed by atoms with Crippen LogP contribution >= 0.6 is 0 Å². The number of amidine groups is 1. The SMILES string of the molecule is c1ccc(-c2ccc3c(c2)N=C(c2cc(-c4ccc(-c5ncccn5)cc4)cc(-c4ccc(-c5ccccn5)nc4)c2)NC3c2ccccc2)cc1. The number of nitrogens with zero attached hydrogens (tertiary/aromatic N) is 5. The molecular formula is C46H32N6. The minimum absolute atomic E-state index is 0.0786. The van der Waals surface area contributed by atoms with Crippen LogP contribution in [0.2, 0.25) is 0 Å². The predicted molar refractivity (Wildman–Crippen MR) is 209 cm³/mol. The molecule has 0 radical (unpaired) electrons. The molecule has 5 aromatic carbocycles. The minimum Gasteiger partial charge on any atom is -0.359 e. The van der Waals surface area contributed by atoms with Crippen LogP contribution in [0.5, 0.6) is 0 Å². The van der Waals surface area contributed by atoms with Gasteiger partial charge in [0.25, 0.3) is 0 Å². The molecule has 0 fully saturated rings. The minimum atomic E-state index is -0.0786. The van der Waals surface area contributed by atoms with Gasteiger partial charge in [-0.3, -0.25) is 9.97 Å². The normalized spacial score (nSPS) is 13.5. The van der Waals surface area contributed by atoms with E-state index in [9.17, 15) is 0 Å². The van der Waals surface area contributed by atoms with Crippen LogP contribution < -0.4 is 5.32 Å². The second kappa shape index (κ2) is 13.7. The van der Waals surface area contributed by atoms with E-state index >= 15 is 0 Å². The van der Waals surface area contributed by atoms with Crippen LogP contribution in [0.3, 0.4) is 0 Å². The fourth-order valence-electron chi connectivity index (χ4n) is 6.71. The van der Waals surface area contributed by atoms with Crippen LogP contribution in [0.1, 0.15) is 22.7 Å². The summed E-state index contributed by atoms with van der Waals surface area (Å²) < 4.78 is 0. The molecule has 52 heavy (non-hydrogen) atoms. The average molecular weight is 669 g/mol. The van der Waals surface area contributed by atoms with Crippen molar-refractivity contribution in [2.45, 2.75) is 6.04 Å². The van der Waals surface area contributed by atoms with Crippen molar-refractivity contribution in [1.82, 2.24) is 25.3 Å². The molecule has 8 aromatic rings. The van der Waals surface area contributed by atoms with Gasteiger partial charge in [-0.2, -0.15) is 0 Å². The third kappa shape index (κ3) is 6.25. The smallest absolute Gasteiger partial charge is 0.159 e. The number of rotatable bonds is 7. The number of pyridine rings is 2. The zero-order valence-electron chi connectivity index (χ0n) is 28.1. The Balaban J connectivity index is 1.18. The van der Waals surface area contributed by atoms with Crippen molar-refractivity contribution in [3.05, 3.63) is 199 Å². The topological polar surface area (TPSA) is 76.0 Å². The number of hydrogen-bond acceptors (Lipinski definition) is 6. The third-order valence-electron chi connectivity index (χ3n) is 9.37. The molecule has 4 heterocycles. The van der Waals surface area contributed by atoms with Crippen molar-refractivity contribution in [1.29, 1.82) is 0 Å². The van der Waals surface area contributed by atoms with E-state index in [1.165, 1.54) is 5.56 Å². The lowest BCUT2D eigenvalue weighted by Crippen LogP contribution is -2.32. The van der Waals surface area contributed by atoms with Crippen molar-refractivity contribution in [3.8, 4) is 56.2 Å². The lowest BCUT2D eigenvalue weighted by atomic mass is 9.91. The fourth-order valence-corrected chi connectivity index (χ4v) is 6.71. The first kappa shape index (κ1) is 31.0. The molecule has 1 aliphatic heterocycles. The molecule has 1 unspecified atom stereocenters. The Hall–Kier alpha value is -7.05. The van der Waals surface area contributed by atoms with Gasteiger partial charge in [0, 0.05) is 47.0 Å². The summed E-state index contributed by atoms with van der Waals surface area (Å²) in [6.45, 7) is 0. The first-order chi connectivity index (χ1) is 25.7. The Kier molecular flexibility index (Phi) is 8.15. The molecular weight excluding hydrogens is 637 g/mol. The van der Waals surface area contributed by atoms with Crippen LogP contribution in [0, 0.1) is 0 Å². The molecule has 6 heteroatoms. The van der Waals surface area contributed by atoms with E-state index in [1.54, 1.807) is 18.6 Å². The molecule has 0 bridgehead atoms. The summed E-state index contributed by atoms with van der Waals surface area (Å²) in [5, 5.41) is 3.83. The average Bonchev–Trinajstić information content (AvgIpc) is 3.24. The first-order valence-electron chi connectivity index (χ1n) is 17.3. The van der Waals surface area contributed by atoms with Crippen LogP contribution in [-0.4, -0.2) is 25.8 Å². The maximum atomic E-state index is 5.32. The molecule has 0 amide bonds. The second-order valence-corrected chi connectivity index (χ2v) is 12.7. The van der Waals surface area contributed by atoms with Crippen molar-refractivity contribution >= 4 is 11.5 Å². The van der Waals surface area contributed by atoms with E-state index in [1.807, 2.05) is 42.6 Å². The molecule has 0 spiro atoms. The van der Waals surface area contributed by atoms with Crippen LogP contribution in [-0.2, 0) is 0 Å². The molecule has 1 aliphatic rings. The van der Waals surface area contributed by atoms with E-state index in [0.29, 0.717) is 5.82 Å². The third-order valence-corrected chi connectivity index (χ3v) is 9.37. The molecule has 1 N–H and O–H groups in total. The maximum Gasteiger partial charge on any atom is 0.159 e. The summed E-state index contributed by atoms with van der Waals surface area (Å²) >= 11 is 0. The molecule has 0 saturated heterocycles. The monoisotopic (exact) mass is 668 g/mol. The van der Waals surface area contributed by atoms with Gasteiger partial charge >= 0.3 is 0 Å². The Labute approximate surface area is 302 Å². The number of hydrogen-bond donors (Lipinski definition) is 1. The Bertz CT molecular complexity index is 2400. The van der Waals surface area contributed by atoms with Crippen LogP contribution in [0.4, 0.5) is 5.69 Å². The standard InChI is InChI=1S/C46H32N6/c1-3-10-31(11-4-1)35-19-21-40-43(29-35)51-46(52-44(40)33-12-5-2-6-13-33)39-27-37(32-15-17-34(18-16-32)45-48-24-9-25-49-45)26-38(28-39)36-20-22-42(50-30-36)41-14-7-8-23-47-41/h1-30,44H,(H,51,52). The van der Waals surface area contributed by atoms with Gasteiger partial charge in [0.15, 0.2) is 5.82 Å². The van der Waals surface area contributed by atoms with Gasteiger partial charge < -0.3 is 5.32 Å². The highest BCUT2D eigenvalue weighted by Crippen LogP contribution is 2.39. The Morgan fingerprint density at radius 2 is 1.02 bits per heavy atom. The zero-order valence-corrected chi connectivity index (χ0v) is 28.1. The predicted octanol–water partition coefficient (Wildman–Crippen LogP) is 10.4. The van der Waals surface area contributed by atoms with E-state index < -0.39 is 0 Å². The van der Waals surface area contributed by atoms with E-state index in [2.05, 4.69) is 142 Å². The zero-order chi connectivity index (χ0) is 34.7. The molecule has 246 valence electrons. The fraction of sp³-hybridized carbons (Fsp3) is 0.0217. The van der Waals surface area contributed by atoms with Gasteiger partial charge in [-0.25, -0.2) is 15.0 Å². The highest BCUT2D eigenvalue weighted by molar-refractivity contribution is 6.04. The highest BCUT2D eigenvalue weighted by atomic mass is 15.1. The van der Waals surface area contributed by atoms with E-state index in [4.69, 9.17) is 9.98 Å². The van der Waals surface area contributed by atoms with Crippen molar-refractivity contribution in [2.24, 2.45) is 4.99 Å². The Morgan fingerprint density at radius 3 is 1.75 bits per heavy atom. The van der Waals surface area contributed by atoms with Gasteiger partial charge in [0.2, 0.25) is 0 Å². The lowest BCUT2D eigenvalue weighted by molar-refractivity contribution is 0.749. The number of benzene rings is 5. The summed E-state index contributed by atoms with van der Waals surface area (Å²) in [5.41, 5.74) is 13.3. The van der Waals surface area contributed by atoms with E-state index in [-0.39, 0.29) is 6.04 Å². The molecule has 0 aliphatic carbocycles. The molecule has 0 saturated carbocycles. The summed E-state index contributed by atoms with van der Waals surface area (Å²) in [7, 11) is 0. The quantitative estimate of drug-likeness (QED) is 0.183. The van der Waals surface area contributed by atoms with Gasteiger partial charge in [-0.05, 0) is 81.9 Å². The number of aromatic nitrogens is 4. The molecule has 3 aromatic heterocycles. The summed E-state index contributed by atoms with van der Waals surface area (Å²) in [6, 6.07) is 54.4. The number of nitrogens with one attached hydrogen (secondary N) is 1. The lowest BCUT2D eigenvalue weighted by Gasteiger charge is -2.28. The number of aliphatic imine (C=N–C) groups is 1. The largest absolute Gasteiger partial charge is 0.359 e. The summed E-state index contributed by atoms with van der Waals surface area (Å²) in [5.74, 6) is 1.51. The van der Waals surface area contributed by atoms with Gasteiger partial charge in [-0.1, -0.05) is 109 Å². The Morgan fingerprint density at radius 1 is 0.404 bits per heavy atom. The van der Waals surface area contributed by atoms with Gasteiger partial charge in [0.1, 0.15) is 5.84 Å². The summed E-state index contributed by atoms with van der Waals surface area (Å²) in [6.07, 6.45) is 7.24. The highest BCUT2D eigenvalue weighted by Gasteiger charge is 2.25. The molecule has 9 rings (SSSR count). The van der Waals surface area contributed by atoms with Crippen LogP contribution in [0.25, 0.3) is 56.2 Å². The van der Waals surface area contributed by atoms with Crippen molar-refractivity contribution in [2.75, 3.05) is 0 Å². The molecule has 6 nitrogen and oxygen atoms in total. The first-order valence-corrected chi connectivity index (χ1v) is 17.3. The molecule has 1 atom stereocenters. The van der Waals surface area contributed by atoms with Gasteiger partial charge in [-0.15, -0.1) is 0 Å². The second-order valence-electron chi connectivity index (χ2n) is 12.7. The van der Waals surface area contributed by atoms with Crippen LogP contribution in [0.15, 0.2) is 188 Å². The van der Waals surface area contributed by atoms with E-state index in [0.717, 1.165) is 73.0 Å².